The monoisotopic (exact) mass is 328 g/mol. The van der Waals surface area contributed by atoms with E-state index in [0.29, 0.717) is 29.7 Å². The summed E-state index contributed by atoms with van der Waals surface area (Å²) in [4.78, 5) is 21.0. The first-order valence-corrected chi connectivity index (χ1v) is 7.95. The average Bonchev–Trinajstić information content (AvgIpc) is 2.47. The van der Waals surface area contributed by atoms with E-state index in [1.807, 2.05) is 58.9 Å². The van der Waals surface area contributed by atoms with Crippen LogP contribution in [0.15, 0.2) is 30.3 Å². The van der Waals surface area contributed by atoms with Gasteiger partial charge >= 0.3 is 0 Å². The molecule has 1 aromatic carbocycles. The van der Waals surface area contributed by atoms with Crippen LogP contribution in [0, 0.1) is 6.92 Å². The van der Waals surface area contributed by atoms with Crippen LogP contribution in [0.2, 0.25) is 0 Å². The largest absolute Gasteiger partial charge is 0.492 e. The van der Waals surface area contributed by atoms with Crippen molar-refractivity contribution in [1.82, 2.24) is 15.3 Å². The number of hydrogen-bond donors (Lipinski definition) is 2. The van der Waals surface area contributed by atoms with Gasteiger partial charge < -0.3 is 15.4 Å². The molecule has 128 valence electrons. The lowest BCUT2D eigenvalue weighted by Crippen LogP contribution is -2.41. The van der Waals surface area contributed by atoms with Crippen LogP contribution in [0.4, 0.5) is 11.6 Å². The number of para-hydroxylation sites is 2. The number of aromatic nitrogens is 2. The van der Waals surface area contributed by atoms with Crippen LogP contribution in [-0.2, 0) is 0 Å². The second kappa shape index (κ2) is 7.29. The normalized spacial score (nSPS) is 11.0. The Morgan fingerprint density at radius 2 is 1.92 bits per heavy atom. The zero-order valence-corrected chi connectivity index (χ0v) is 14.8. The van der Waals surface area contributed by atoms with Crippen molar-refractivity contribution in [2.75, 3.05) is 11.9 Å². The van der Waals surface area contributed by atoms with E-state index >= 15 is 0 Å². The maximum atomic E-state index is 12.3. The van der Waals surface area contributed by atoms with Gasteiger partial charge in [0.05, 0.1) is 12.3 Å². The first-order chi connectivity index (χ1) is 11.3. The van der Waals surface area contributed by atoms with Gasteiger partial charge in [-0.2, -0.15) is 0 Å². The molecule has 0 aliphatic rings. The summed E-state index contributed by atoms with van der Waals surface area (Å²) in [5, 5.41) is 6.03. The lowest BCUT2D eigenvalue weighted by molar-refractivity contribution is 0.0914. The standard InChI is InChI=1S/C18H24N4O2/c1-6-24-15-10-8-7-9-13(15)20-17-19-12(2)11-14(21-17)16(23)22-18(3,4)5/h7-11H,6H2,1-5H3,(H,22,23)(H,19,20,21). The van der Waals surface area contributed by atoms with Crippen LogP contribution >= 0.6 is 0 Å². The fourth-order valence-electron chi connectivity index (χ4n) is 2.12. The summed E-state index contributed by atoms with van der Waals surface area (Å²) in [6.07, 6.45) is 0. The Hall–Kier alpha value is -2.63. The van der Waals surface area contributed by atoms with Crippen LogP contribution in [-0.4, -0.2) is 28.0 Å². The minimum absolute atomic E-state index is 0.228. The van der Waals surface area contributed by atoms with Crippen molar-refractivity contribution < 1.29 is 9.53 Å². The number of amides is 1. The topological polar surface area (TPSA) is 76.1 Å². The summed E-state index contributed by atoms with van der Waals surface area (Å²) in [7, 11) is 0. The first kappa shape index (κ1) is 17.7. The quantitative estimate of drug-likeness (QED) is 0.879. The van der Waals surface area contributed by atoms with E-state index < -0.39 is 0 Å². The lowest BCUT2D eigenvalue weighted by atomic mass is 10.1. The van der Waals surface area contributed by atoms with Crippen LogP contribution in [0.5, 0.6) is 5.75 Å². The molecule has 0 aliphatic heterocycles. The number of nitrogens with zero attached hydrogens (tertiary/aromatic N) is 2. The number of carbonyl (C=O) groups is 1. The third-order valence-corrected chi connectivity index (χ3v) is 3.01. The molecule has 24 heavy (non-hydrogen) atoms. The fourth-order valence-corrected chi connectivity index (χ4v) is 2.12. The molecule has 0 saturated carbocycles. The molecule has 6 nitrogen and oxygen atoms in total. The smallest absolute Gasteiger partial charge is 0.270 e. The summed E-state index contributed by atoms with van der Waals surface area (Å²) >= 11 is 0. The Balaban J connectivity index is 2.28. The van der Waals surface area contributed by atoms with Gasteiger partial charge in [0.25, 0.3) is 5.91 Å². The van der Waals surface area contributed by atoms with Crippen LogP contribution in [0.25, 0.3) is 0 Å². The summed E-state index contributed by atoms with van der Waals surface area (Å²) in [6.45, 7) is 10.1. The Bertz CT molecular complexity index is 723. The zero-order valence-electron chi connectivity index (χ0n) is 14.8. The van der Waals surface area contributed by atoms with Gasteiger partial charge in [0.15, 0.2) is 0 Å². The molecule has 2 N–H and O–H groups in total. The Kier molecular flexibility index (Phi) is 5.39. The molecule has 0 radical (unpaired) electrons. The summed E-state index contributed by atoms with van der Waals surface area (Å²) in [5.41, 5.74) is 1.46. The molecule has 1 amide bonds. The highest BCUT2D eigenvalue weighted by molar-refractivity contribution is 5.93. The fraction of sp³-hybridized carbons (Fsp3) is 0.389. The molecule has 0 aliphatic carbocycles. The molecular weight excluding hydrogens is 304 g/mol. The third kappa shape index (κ3) is 4.94. The van der Waals surface area contributed by atoms with Gasteiger partial charge in [0, 0.05) is 11.2 Å². The molecule has 0 unspecified atom stereocenters. The number of nitrogens with one attached hydrogen (secondary N) is 2. The number of rotatable bonds is 5. The predicted molar refractivity (Wildman–Crippen MR) is 94.9 cm³/mol. The molecule has 0 fully saturated rings. The van der Waals surface area contributed by atoms with Gasteiger partial charge in [-0.3, -0.25) is 4.79 Å². The average molecular weight is 328 g/mol. The minimum atomic E-state index is -0.328. The van der Waals surface area contributed by atoms with Crippen molar-refractivity contribution in [2.24, 2.45) is 0 Å². The Morgan fingerprint density at radius 1 is 1.21 bits per heavy atom. The van der Waals surface area contributed by atoms with Crippen LogP contribution < -0.4 is 15.4 Å². The summed E-state index contributed by atoms with van der Waals surface area (Å²) in [5.74, 6) is 0.848. The summed E-state index contributed by atoms with van der Waals surface area (Å²) in [6, 6.07) is 9.21. The molecule has 0 bridgehead atoms. The van der Waals surface area contributed by atoms with Gasteiger partial charge in [-0.15, -0.1) is 0 Å². The van der Waals surface area contributed by atoms with E-state index in [9.17, 15) is 4.79 Å². The zero-order chi connectivity index (χ0) is 17.7. The minimum Gasteiger partial charge on any atom is -0.492 e. The Labute approximate surface area is 142 Å². The molecule has 1 aromatic heterocycles. The highest BCUT2D eigenvalue weighted by Gasteiger charge is 2.18. The van der Waals surface area contributed by atoms with Crippen molar-refractivity contribution in [2.45, 2.75) is 40.2 Å². The molecular formula is C18H24N4O2. The van der Waals surface area contributed by atoms with Crippen molar-refractivity contribution in [1.29, 1.82) is 0 Å². The molecule has 0 saturated heterocycles. The van der Waals surface area contributed by atoms with Gasteiger partial charge in [0.1, 0.15) is 11.4 Å². The first-order valence-electron chi connectivity index (χ1n) is 7.95. The molecule has 2 aromatic rings. The van der Waals surface area contributed by atoms with Crippen molar-refractivity contribution in [3.8, 4) is 5.75 Å². The van der Waals surface area contributed by atoms with Gasteiger partial charge in [-0.25, -0.2) is 9.97 Å². The van der Waals surface area contributed by atoms with E-state index in [1.54, 1.807) is 6.07 Å². The molecule has 6 heteroatoms. The maximum Gasteiger partial charge on any atom is 0.270 e. The second-order valence-corrected chi connectivity index (χ2v) is 6.48. The van der Waals surface area contributed by atoms with E-state index in [4.69, 9.17) is 4.74 Å². The van der Waals surface area contributed by atoms with E-state index in [0.717, 1.165) is 5.69 Å². The number of aryl methyl sites for hydroxylation is 1. The number of hydrogen-bond acceptors (Lipinski definition) is 5. The maximum absolute atomic E-state index is 12.3. The predicted octanol–water partition coefficient (Wildman–Crippen LogP) is 3.46. The molecule has 2 rings (SSSR count). The van der Waals surface area contributed by atoms with Crippen molar-refractivity contribution in [3.63, 3.8) is 0 Å². The summed E-state index contributed by atoms with van der Waals surface area (Å²) < 4.78 is 5.59. The number of anilines is 2. The van der Waals surface area contributed by atoms with Gasteiger partial charge in [0.2, 0.25) is 5.95 Å². The van der Waals surface area contributed by atoms with Crippen molar-refractivity contribution >= 4 is 17.5 Å². The number of ether oxygens (including phenoxy) is 1. The number of carbonyl (C=O) groups excluding carboxylic acids is 1. The molecule has 0 spiro atoms. The lowest BCUT2D eigenvalue weighted by Gasteiger charge is -2.20. The third-order valence-electron chi connectivity index (χ3n) is 3.01. The highest BCUT2D eigenvalue weighted by Crippen LogP contribution is 2.26. The van der Waals surface area contributed by atoms with Gasteiger partial charge in [-0.1, -0.05) is 12.1 Å². The molecule has 0 atom stereocenters. The van der Waals surface area contributed by atoms with Gasteiger partial charge in [-0.05, 0) is 52.8 Å². The van der Waals surface area contributed by atoms with Crippen LogP contribution in [0.1, 0.15) is 43.9 Å². The second-order valence-electron chi connectivity index (χ2n) is 6.48. The SMILES string of the molecule is CCOc1ccccc1Nc1nc(C)cc(C(=O)NC(C)(C)C)n1. The Morgan fingerprint density at radius 3 is 2.58 bits per heavy atom. The number of benzene rings is 1. The van der Waals surface area contributed by atoms with E-state index in [-0.39, 0.29) is 11.4 Å². The highest BCUT2D eigenvalue weighted by atomic mass is 16.5. The molecule has 1 heterocycles. The van der Waals surface area contributed by atoms with Crippen molar-refractivity contribution in [3.05, 3.63) is 41.7 Å². The van der Waals surface area contributed by atoms with E-state index in [2.05, 4.69) is 20.6 Å². The van der Waals surface area contributed by atoms with Crippen LogP contribution in [0.3, 0.4) is 0 Å². The van der Waals surface area contributed by atoms with E-state index in [1.165, 1.54) is 0 Å².